The van der Waals surface area contributed by atoms with Crippen molar-refractivity contribution in [1.29, 1.82) is 0 Å². The number of hydrazine groups is 1. The van der Waals surface area contributed by atoms with Crippen molar-refractivity contribution < 1.29 is 27.1 Å². The molecule has 138 valence electrons. The first-order valence-corrected chi connectivity index (χ1v) is 9.67. The Morgan fingerprint density at radius 1 is 1.12 bits per heavy atom. The molecule has 0 heterocycles. The zero-order chi connectivity index (χ0) is 19.2. The second-order valence-corrected chi connectivity index (χ2v) is 7.53. The molecule has 0 spiro atoms. The van der Waals surface area contributed by atoms with Crippen molar-refractivity contribution in [2.45, 2.75) is 9.79 Å². The van der Waals surface area contributed by atoms with Crippen molar-refractivity contribution in [3.05, 3.63) is 59.9 Å². The Morgan fingerprint density at radius 2 is 1.77 bits per heavy atom. The Hall–Kier alpha value is -2.43. The van der Waals surface area contributed by atoms with Gasteiger partial charge in [0.15, 0.2) is 0 Å². The maximum atomic E-state index is 13.5. The first kappa shape index (κ1) is 19.9. The summed E-state index contributed by atoms with van der Waals surface area (Å²) in [7, 11) is -3.07. The molecule has 1 amide bonds. The van der Waals surface area contributed by atoms with Crippen molar-refractivity contribution in [3.8, 4) is 0 Å². The van der Waals surface area contributed by atoms with Crippen molar-refractivity contribution >= 4 is 33.7 Å². The van der Waals surface area contributed by atoms with E-state index in [4.69, 9.17) is 0 Å². The Balaban J connectivity index is 2.01. The summed E-state index contributed by atoms with van der Waals surface area (Å²) in [4.78, 5) is 25.3. The van der Waals surface area contributed by atoms with E-state index in [-0.39, 0.29) is 21.1 Å². The highest BCUT2D eigenvalue weighted by Crippen LogP contribution is 2.20. The van der Waals surface area contributed by atoms with Gasteiger partial charge in [-0.3, -0.25) is 10.2 Å². The van der Waals surface area contributed by atoms with Gasteiger partial charge in [0.2, 0.25) is 5.91 Å². The molecule has 7 nitrogen and oxygen atoms in total. The first-order valence-electron chi connectivity index (χ1n) is 7.20. The van der Waals surface area contributed by atoms with E-state index in [0.717, 1.165) is 18.9 Å². The molecule has 0 unspecified atom stereocenters. The van der Waals surface area contributed by atoms with Gasteiger partial charge < -0.3 is 4.74 Å². The highest BCUT2D eigenvalue weighted by Gasteiger charge is 2.23. The van der Waals surface area contributed by atoms with Crippen LogP contribution >= 0.6 is 11.8 Å². The number of hydrogen-bond donors (Lipinski definition) is 2. The normalized spacial score (nSPS) is 11.0. The number of carbonyl (C=O) groups excluding carboxylic acids is 2. The monoisotopic (exact) mass is 398 g/mol. The highest BCUT2D eigenvalue weighted by atomic mass is 32.2. The smallest absolute Gasteiger partial charge is 0.339 e. The standard InChI is InChI=1S/C16H15FN2O5S2/c1-24-16(21)11-6-2-5-9-14(11)26(22,23)19-18-15(20)10-25-13-8-4-3-7-12(13)17/h2-9,19H,10H2,1H3,(H,18,20). The van der Waals surface area contributed by atoms with E-state index >= 15 is 0 Å². The van der Waals surface area contributed by atoms with E-state index in [1.165, 1.54) is 42.5 Å². The molecule has 10 heteroatoms. The van der Waals surface area contributed by atoms with Gasteiger partial charge in [-0.15, -0.1) is 16.6 Å². The number of nitrogens with one attached hydrogen (secondary N) is 2. The van der Waals surface area contributed by atoms with Crippen molar-refractivity contribution in [2.24, 2.45) is 0 Å². The molecule has 2 aromatic rings. The van der Waals surface area contributed by atoms with Gasteiger partial charge in [-0.25, -0.2) is 17.6 Å². The minimum absolute atomic E-state index is 0.169. The van der Waals surface area contributed by atoms with Crippen LogP contribution in [0.2, 0.25) is 0 Å². The summed E-state index contributed by atoms with van der Waals surface area (Å²) in [6, 6.07) is 11.3. The molecule has 0 saturated heterocycles. The fourth-order valence-electron chi connectivity index (χ4n) is 1.90. The number of halogens is 1. The summed E-state index contributed by atoms with van der Waals surface area (Å²) in [6.45, 7) is 0. The third-order valence-electron chi connectivity index (χ3n) is 3.10. The topological polar surface area (TPSA) is 102 Å². The molecule has 0 atom stereocenters. The van der Waals surface area contributed by atoms with Crippen LogP contribution in [0.25, 0.3) is 0 Å². The van der Waals surface area contributed by atoms with Crippen LogP contribution < -0.4 is 10.3 Å². The predicted octanol–water partition coefficient (Wildman–Crippen LogP) is 1.71. The van der Waals surface area contributed by atoms with Crippen LogP contribution in [0.4, 0.5) is 4.39 Å². The lowest BCUT2D eigenvalue weighted by Crippen LogP contribution is -2.42. The number of amides is 1. The average molecular weight is 398 g/mol. The maximum Gasteiger partial charge on any atom is 0.339 e. The van der Waals surface area contributed by atoms with Gasteiger partial charge in [-0.05, 0) is 24.3 Å². The minimum atomic E-state index is -4.20. The summed E-state index contributed by atoms with van der Waals surface area (Å²) < 4.78 is 42.6. The number of hydrogen-bond acceptors (Lipinski definition) is 6. The Kier molecular flexibility index (Phi) is 6.72. The number of sulfonamides is 1. The van der Waals surface area contributed by atoms with Gasteiger partial charge in [0, 0.05) is 4.90 Å². The summed E-state index contributed by atoms with van der Waals surface area (Å²) in [6.07, 6.45) is 0. The molecule has 0 fully saturated rings. The largest absolute Gasteiger partial charge is 0.465 e. The number of rotatable bonds is 7. The molecule has 0 aliphatic rings. The van der Waals surface area contributed by atoms with E-state index in [1.54, 1.807) is 6.07 Å². The predicted molar refractivity (Wildman–Crippen MR) is 93.4 cm³/mol. The summed E-state index contributed by atoms with van der Waals surface area (Å²) in [5.74, 6) is -2.19. The van der Waals surface area contributed by atoms with Crippen LogP contribution in [0.3, 0.4) is 0 Å². The molecular formula is C16H15FN2O5S2. The minimum Gasteiger partial charge on any atom is -0.465 e. The van der Waals surface area contributed by atoms with Crippen LogP contribution in [-0.4, -0.2) is 33.2 Å². The van der Waals surface area contributed by atoms with Gasteiger partial charge in [0.05, 0.1) is 23.3 Å². The highest BCUT2D eigenvalue weighted by molar-refractivity contribution is 8.00. The Morgan fingerprint density at radius 3 is 2.46 bits per heavy atom. The lowest BCUT2D eigenvalue weighted by molar-refractivity contribution is -0.119. The molecule has 0 saturated carbocycles. The zero-order valence-corrected chi connectivity index (χ0v) is 15.2. The van der Waals surface area contributed by atoms with Crippen LogP contribution in [0.1, 0.15) is 10.4 Å². The SMILES string of the molecule is COC(=O)c1ccccc1S(=O)(=O)NNC(=O)CSc1ccccc1F. The third kappa shape index (κ3) is 5.04. The Bertz CT molecular complexity index is 918. The second kappa shape index (κ2) is 8.79. The van der Waals surface area contributed by atoms with Crippen LogP contribution in [0.5, 0.6) is 0 Å². The maximum absolute atomic E-state index is 13.5. The van der Waals surface area contributed by atoms with E-state index in [2.05, 4.69) is 4.74 Å². The quantitative estimate of drug-likeness (QED) is 0.418. The van der Waals surface area contributed by atoms with Gasteiger partial charge in [-0.2, -0.15) is 0 Å². The molecule has 0 aromatic heterocycles. The van der Waals surface area contributed by atoms with Gasteiger partial charge >= 0.3 is 5.97 Å². The molecule has 2 N–H and O–H groups in total. The summed E-state index contributed by atoms with van der Waals surface area (Å²) in [5.41, 5.74) is 1.85. The zero-order valence-electron chi connectivity index (χ0n) is 13.6. The molecule has 0 aliphatic carbocycles. The lowest BCUT2D eigenvalue weighted by Gasteiger charge is -2.11. The van der Waals surface area contributed by atoms with Gasteiger partial charge in [-0.1, -0.05) is 24.3 Å². The third-order valence-corrected chi connectivity index (χ3v) is 5.46. The number of benzene rings is 2. The molecule has 2 aromatic carbocycles. The van der Waals surface area contributed by atoms with Crippen LogP contribution in [0.15, 0.2) is 58.3 Å². The number of methoxy groups -OCH3 is 1. The summed E-state index contributed by atoms with van der Waals surface area (Å²) in [5, 5.41) is 0. The molecule has 0 bridgehead atoms. The van der Waals surface area contributed by atoms with E-state index in [0.29, 0.717) is 0 Å². The number of esters is 1. The van der Waals surface area contributed by atoms with E-state index < -0.39 is 27.7 Å². The van der Waals surface area contributed by atoms with Crippen molar-refractivity contribution in [3.63, 3.8) is 0 Å². The fraction of sp³-hybridized carbons (Fsp3) is 0.125. The molecular weight excluding hydrogens is 383 g/mol. The lowest BCUT2D eigenvalue weighted by atomic mass is 10.2. The second-order valence-electron chi connectivity index (χ2n) is 4.86. The van der Waals surface area contributed by atoms with E-state index in [9.17, 15) is 22.4 Å². The number of thioether (sulfide) groups is 1. The first-order chi connectivity index (χ1) is 12.3. The molecule has 0 aliphatic heterocycles. The molecule has 0 radical (unpaired) electrons. The number of ether oxygens (including phenoxy) is 1. The Labute approximate surface area is 154 Å². The summed E-state index contributed by atoms with van der Waals surface area (Å²) >= 11 is 0.917. The van der Waals surface area contributed by atoms with Gasteiger partial charge in [0.25, 0.3) is 10.0 Å². The fourth-order valence-corrected chi connectivity index (χ4v) is 3.70. The number of carbonyl (C=O) groups is 2. The van der Waals surface area contributed by atoms with Crippen molar-refractivity contribution in [2.75, 3.05) is 12.9 Å². The van der Waals surface area contributed by atoms with Crippen LogP contribution in [0, 0.1) is 5.82 Å². The van der Waals surface area contributed by atoms with Crippen LogP contribution in [-0.2, 0) is 19.6 Å². The van der Waals surface area contributed by atoms with E-state index in [1.807, 2.05) is 10.3 Å². The average Bonchev–Trinajstić information content (AvgIpc) is 2.65. The molecule has 2 rings (SSSR count). The molecule has 26 heavy (non-hydrogen) atoms. The van der Waals surface area contributed by atoms with Gasteiger partial charge in [0.1, 0.15) is 5.82 Å². The van der Waals surface area contributed by atoms with Crippen molar-refractivity contribution in [1.82, 2.24) is 10.3 Å².